The molecule has 1 rings (SSSR count). The fraction of sp³-hybridized carbons (Fsp3) is 0.455. The second kappa shape index (κ2) is 5.30. The van der Waals surface area contributed by atoms with Gasteiger partial charge in [0.2, 0.25) is 10.0 Å². The van der Waals surface area contributed by atoms with Gasteiger partial charge in [-0.15, -0.1) is 0 Å². The average Bonchev–Trinajstić information content (AvgIpc) is 2.06. The molecule has 1 aromatic carbocycles. The molecule has 0 unspecified atom stereocenters. The summed E-state index contributed by atoms with van der Waals surface area (Å²) < 4.78 is 24.6. The molecule has 0 spiro atoms. The van der Waals surface area contributed by atoms with E-state index in [4.69, 9.17) is 5.14 Å². The Morgan fingerprint density at radius 2 is 1.76 bits per heavy atom. The van der Waals surface area contributed by atoms with E-state index in [1.165, 1.54) is 0 Å². The smallest absolute Gasteiger partial charge is 0.225 e. The number of sulfonamides is 1. The van der Waals surface area contributed by atoms with Crippen LogP contribution in [0.1, 0.15) is 26.3 Å². The number of nitrogens with two attached hydrogens (primary N) is 1. The molecule has 0 atom stereocenters. The molecule has 0 aromatic heterocycles. The van der Waals surface area contributed by atoms with E-state index in [-0.39, 0.29) is 10.3 Å². The summed E-state index contributed by atoms with van der Waals surface area (Å²) in [7, 11) is -3.65. The van der Waals surface area contributed by atoms with Crippen molar-refractivity contribution >= 4 is 55.2 Å². The maximum absolute atomic E-state index is 11.5. The molecule has 2 N–H and O–H groups in total. The fourth-order valence-electron chi connectivity index (χ4n) is 1.53. The van der Waals surface area contributed by atoms with Crippen LogP contribution in [0.2, 0.25) is 0 Å². The minimum atomic E-state index is -3.65. The average molecular weight is 479 g/mol. The summed E-state index contributed by atoms with van der Waals surface area (Å²) >= 11 is 4.18. The SMILES string of the molecule is CC(C)(C)Cc1cc(I)cc(S(N)(=O)=O)c1I. The highest BCUT2D eigenvalue weighted by Gasteiger charge is 2.20. The van der Waals surface area contributed by atoms with Crippen LogP contribution in [0.15, 0.2) is 17.0 Å². The zero-order chi connectivity index (χ0) is 13.4. The molecule has 0 bridgehead atoms. The Labute approximate surface area is 130 Å². The topological polar surface area (TPSA) is 60.2 Å². The van der Waals surface area contributed by atoms with Gasteiger partial charge in [-0.1, -0.05) is 20.8 Å². The molecular weight excluding hydrogens is 464 g/mol. The van der Waals surface area contributed by atoms with Gasteiger partial charge in [-0.2, -0.15) is 0 Å². The zero-order valence-electron chi connectivity index (χ0n) is 9.92. The summed E-state index contributed by atoms with van der Waals surface area (Å²) in [5.74, 6) is 0. The van der Waals surface area contributed by atoms with Crippen molar-refractivity contribution in [1.82, 2.24) is 0 Å². The van der Waals surface area contributed by atoms with E-state index >= 15 is 0 Å². The summed E-state index contributed by atoms with van der Waals surface area (Å²) in [6.45, 7) is 6.37. The van der Waals surface area contributed by atoms with Crippen LogP contribution in [-0.2, 0) is 16.4 Å². The van der Waals surface area contributed by atoms with Crippen LogP contribution in [0.5, 0.6) is 0 Å². The van der Waals surface area contributed by atoms with Gasteiger partial charge in [0.15, 0.2) is 0 Å². The van der Waals surface area contributed by atoms with Crippen molar-refractivity contribution in [3.8, 4) is 0 Å². The second-order valence-corrected chi connectivity index (χ2v) is 9.01. The Bertz CT molecular complexity index is 533. The molecule has 0 radical (unpaired) electrons. The molecule has 0 aliphatic heterocycles. The maximum atomic E-state index is 11.5. The standard InChI is InChI=1S/C11H15I2NO2S/c1-11(2,3)6-7-4-8(12)5-9(10(7)13)17(14,15)16/h4-5H,6H2,1-3H3,(H2,14,15,16). The highest BCUT2D eigenvalue weighted by Crippen LogP contribution is 2.29. The third kappa shape index (κ3) is 4.64. The molecule has 0 aliphatic carbocycles. The Balaban J connectivity index is 3.40. The van der Waals surface area contributed by atoms with Crippen LogP contribution < -0.4 is 5.14 Å². The van der Waals surface area contributed by atoms with Crippen LogP contribution >= 0.6 is 45.2 Å². The van der Waals surface area contributed by atoms with Crippen LogP contribution in [0, 0.1) is 12.6 Å². The van der Waals surface area contributed by atoms with E-state index in [9.17, 15) is 8.42 Å². The summed E-state index contributed by atoms with van der Waals surface area (Å²) in [4.78, 5) is 0.226. The summed E-state index contributed by atoms with van der Waals surface area (Å²) in [5.41, 5.74) is 1.15. The third-order valence-electron chi connectivity index (χ3n) is 2.11. The Morgan fingerprint density at radius 3 is 2.18 bits per heavy atom. The third-order valence-corrected chi connectivity index (χ3v) is 5.30. The molecule has 96 valence electrons. The first kappa shape index (κ1) is 15.6. The maximum Gasteiger partial charge on any atom is 0.239 e. The van der Waals surface area contributed by atoms with Crippen LogP contribution in [0.4, 0.5) is 0 Å². The zero-order valence-corrected chi connectivity index (χ0v) is 15.1. The summed E-state index contributed by atoms with van der Waals surface area (Å²) in [5, 5.41) is 5.22. The number of halogens is 2. The molecule has 0 saturated carbocycles. The molecular formula is C11H15I2NO2S. The number of hydrogen-bond donors (Lipinski definition) is 1. The highest BCUT2D eigenvalue weighted by atomic mass is 127. The van der Waals surface area contributed by atoms with Gasteiger partial charge < -0.3 is 0 Å². The first-order chi connectivity index (χ1) is 7.50. The number of hydrogen-bond acceptors (Lipinski definition) is 2. The largest absolute Gasteiger partial charge is 0.239 e. The molecule has 0 saturated heterocycles. The van der Waals surface area contributed by atoms with Gasteiger partial charge in [0.05, 0.1) is 4.90 Å². The lowest BCUT2D eigenvalue weighted by atomic mass is 9.88. The van der Waals surface area contributed by atoms with E-state index < -0.39 is 10.0 Å². The van der Waals surface area contributed by atoms with Gasteiger partial charge in [0.25, 0.3) is 0 Å². The van der Waals surface area contributed by atoms with Crippen molar-refractivity contribution < 1.29 is 8.42 Å². The van der Waals surface area contributed by atoms with Gasteiger partial charge in [0, 0.05) is 7.14 Å². The Morgan fingerprint density at radius 1 is 1.24 bits per heavy atom. The van der Waals surface area contributed by atoms with Crippen molar-refractivity contribution in [2.75, 3.05) is 0 Å². The highest BCUT2D eigenvalue weighted by molar-refractivity contribution is 14.1. The molecule has 17 heavy (non-hydrogen) atoms. The van der Waals surface area contributed by atoms with Gasteiger partial charge in [-0.05, 0) is 74.7 Å². The van der Waals surface area contributed by atoms with Gasteiger partial charge >= 0.3 is 0 Å². The van der Waals surface area contributed by atoms with E-state index in [1.54, 1.807) is 6.07 Å². The van der Waals surface area contributed by atoms with E-state index in [1.807, 2.05) is 6.07 Å². The van der Waals surface area contributed by atoms with Crippen LogP contribution in [0.25, 0.3) is 0 Å². The van der Waals surface area contributed by atoms with Crippen LogP contribution in [-0.4, -0.2) is 8.42 Å². The predicted octanol–water partition coefficient (Wildman–Crippen LogP) is 3.13. The Hall–Kier alpha value is 0.590. The first-order valence-electron chi connectivity index (χ1n) is 5.01. The fourth-order valence-corrected chi connectivity index (χ4v) is 4.52. The van der Waals surface area contributed by atoms with Crippen molar-refractivity contribution in [3.05, 3.63) is 24.8 Å². The monoisotopic (exact) mass is 479 g/mol. The van der Waals surface area contributed by atoms with E-state index in [0.717, 1.165) is 19.1 Å². The number of benzene rings is 1. The normalized spacial score (nSPS) is 12.8. The predicted molar refractivity (Wildman–Crippen MR) is 86.4 cm³/mol. The minimum Gasteiger partial charge on any atom is -0.225 e. The van der Waals surface area contributed by atoms with E-state index in [0.29, 0.717) is 0 Å². The van der Waals surface area contributed by atoms with Crippen molar-refractivity contribution in [3.63, 3.8) is 0 Å². The molecule has 0 heterocycles. The van der Waals surface area contributed by atoms with Crippen molar-refractivity contribution in [2.24, 2.45) is 10.6 Å². The quantitative estimate of drug-likeness (QED) is 0.664. The molecule has 0 fully saturated rings. The number of primary sulfonamides is 1. The molecule has 6 heteroatoms. The first-order valence-corrected chi connectivity index (χ1v) is 8.72. The van der Waals surface area contributed by atoms with E-state index in [2.05, 4.69) is 66.0 Å². The molecule has 3 nitrogen and oxygen atoms in total. The summed E-state index contributed by atoms with van der Waals surface area (Å²) in [6, 6.07) is 3.63. The van der Waals surface area contributed by atoms with Gasteiger partial charge in [0.1, 0.15) is 0 Å². The number of rotatable bonds is 2. The molecule has 0 amide bonds. The van der Waals surface area contributed by atoms with Gasteiger partial charge in [-0.3, -0.25) is 0 Å². The van der Waals surface area contributed by atoms with Crippen LogP contribution in [0.3, 0.4) is 0 Å². The lowest BCUT2D eigenvalue weighted by molar-refractivity contribution is 0.410. The summed E-state index contributed by atoms with van der Waals surface area (Å²) in [6.07, 6.45) is 0.824. The second-order valence-electron chi connectivity index (χ2n) is 5.16. The Kier molecular flexibility index (Phi) is 4.88. The van der Waals surface area contributed by atoms with Gasteiger partial charge in [-0.25, -0.2) is 13.6 Å². The van der Waals surface area contributed by atoms with Crippen molar-refractivity contribution in [2.45, 2.75) is 32.1 Å². The minimum absolute atomic E-state index is 0.111. The molecule has 1 aromatic rings. The molecule has 0 aliphatic rings. The lowest BCUT2D eigenvalue weighted by Gasteiger charge is -2.20. The van der Waals surface area contributed by atoms with Crippen molar-refractivity contribution in [1.29, 1.82) is 0 Å². The lowest BCUT2D eigenvalue weighted by Crippen LogP contribution is -2.17.